The van der Waals surface area contributed by atoms with Gasteiger partial charge in [-0.3, -0.25) is 5.41 Å². The molecule has 0 spiro atoms. The van der Waals surface area contributed by atoms with E-state index in [0.717, 1.165) is 12.2 Å². The van der Waals surface area contributed by atoms with Gasteiger partial charge in [-0.2, -0.15) is 0 Å². The Morgan fingerprint density at radius 2 is 2.24 bits per heavy atom. The van der Waals surface area contributed by atoms with E-state index in [4.69, 9.17) is 22.7 Å². The van der Waals surface area contributed by atoms with Crippen LogP contribution in [0.4, 0.5) is 5.69 Å². The van der Waals surface area contributed by atoms with Gasteiger partial charge in [0.1, 0.15) is 5.84 Å². The number of benzene rings is 1. The number of rotatable bonds is 5. The van der Waals surface area contributed by atoms with Crippen molar-refractivity contribution in [2.45, 2.75) is 19.4 Å². The highest BCUT2D eigenvalue weighted by Crippen LogP contribution is 2.23. The van der Waals surface area contributed by atoms with Crippen molar-refractivity contribution in [3.05, 3.63) is 28.8 Å². The molecule has 1 rings (SSSR count). The van der Waals surface area contributed by atoms with Crippen LogP contribution in [0.25, 0.3) is 0 Å². The largest absolute Gasteiger partial charge is 0.393 e. The number of aliphatic hydroxyl groups is 1. The van der Waals surface area contributed by atoms with E-state index >= 15 is 0 Å². The van der Waals surface area contributed by atoms with Gasteiger partial charge in [0.05, 0.1) is 11.1 Å². The van der Waals surface area contributed by atoms with E-state index in [2.05, 4.69) is 0 Å². The molecule has 1 unspecified atom stereocenters. The van der Waals surface area contributed by atoms with Gasteiger partial charge in [-0.25, -0.2) is 0 Å². The van der Waals surface area contributed by atoms with Crippen molar-refractivity contribution in [2.75, 3.05) is 18.5 Å². The summed E-state index contributed by atoms with van der Waals surface area (Å²) in [6.45, 7) is 2.51. The van der Waals surface area contributed by atoms with Crippen LogP contribution in [0, 0.1) is 5.41 Å². The molecule has 0 saturated heterocycles. The highest BCUT2D eigenvalue weighted by Gasteiger charge is 2.08. The third-order valence-electron chi connectivity index (χ3n) is 2.57. The topological polar surface area (TPSA) is 73.3 Å². The van der Waals surface area contributed by atoms with Gasteiger partial charge in [-0.1, -0.05) is 11.6 Å². The monoisotopic (exact) mass is 255 g/mol. The summed E-state index contributed by atoms with van der Waals surface area (Å²) in [5, 5.41) is 17.0. The molecule has 17 heavy (non-hydrogen) atoms. The molecule has 4 N–H and O–H groups in total. The second-order valence-corrected chi connectivity index (χ2v) is 4.54. The lowest BCUT2D eigenvalue weighted by atomic mass is 10.1. The smallest absolute Gasteiger partial charge is 0.124 e. The van der Waals surface area contributed by atoms with E-state index in [0.29, 0.717) is 17.0 Å². The lowest BCUT2D eigenvalue weighted by Gasteiger charge is -2.20. The molecule has 0 bridgehead atoms. The van der Waals surface area contributed by atoms with Gasteiger partial charge < -0.3 is 15.7 Å². The highest BCUT2D eigenvalue weighted by molar-refractivity contribution is 6.34. The number of hydrogen-bond donors (Lipinski definition) is 3. The zero-order chi connectivity index (χ0) is 13.0. The third kappa shape index (κ3) is 3.91. The van der Waals surface area contributed by atoms with Gasteiger partial charge >= 0.3 is 0 Å². The lowest BCUT2D eigenvalue weighted by molar-refractivity contribution is 0.187. The van der Waals surface area contributed by atoms with Crippen LogP contribution < -0.4 is 10.6 Å². The van der Waals surface area contributed by atoms with Crippen LogP contribution in [0.5, 0.6) is 0 Å². The molecule has 1 aromatic rings. The van der Waals surface area contributed by atoms with Crippen molar-refractivity contribution in [2.24, 2.45) is 5.73 Å². The molecule has 0 aromatic heterocycles. The Bertz CT molecular complexity index is 407. The summed E-state index contributed by atoms with van der Waals surface area (Å²) in [5.41, 5.74) is 6.88. The van der Waals surface area contributed by atoms with Gasteiger partial charge in [0.2, 0.25) is 0 Å². The first-order chi connectivity index (χ1) is 7.91. The van der Waals surface area contributed by atoms with Crippen LogP contribution in [0.2, 0.25) is 5.02 Å². The lowest BCUT2D eigenvalue weighted by Crippen LogP contribution is -2.22. The molecule has 0 radical (unpaired) electrons. The van der Waals surface area contributed by atoms with Crippen molar-refractivity contribution in [3.63, 3.8) is 0 Å². The van der Waals surface area contributed by atoms with Crippen LogP contribution in [-0.2, 0) is 0 Å². The Labute approximate surface area is 107 Å². The van der Waals surface area contributed by atoms with E-state index in [1.54, 1.807) is 19.1 Å². The average molecular weight is 256 g/mol. The summed E-state index contributed by atoms with van der Waals surface area (Å²) in [5.74, 6) is -0.0341. The Morgan fingerprint density at radius 3 is 2.71 bits per heavy atom. The molecule has 1 atom stereocenters. The first-order valence-electron chi connectivity index (χ1n) is 5.45. The van der Waals surface area contributed by atoms with Crippen molar-refractivity contribution < 1.29 is 5.11 Å². The number of nitrogens with zero attached hydrogens (tertiary/aromatic N) is 1. The predicted molar refractivity (Wildman–Crippen MR) is 72.0 cm³/mol. The number of nitrogen functional groups attached to an aromatic ring is 1. The van der Waals surface area contributed by atoms with Gasteiger partial charge in [0.15, 0.2) is 0 Å². The van der Waals surface area contributed by atoms with Crippen LogP contribution >= 0.6 is 11.6 Å². The zero-order valence-corrected chi connectivity index (χ0v) is 10.8. The average Bonchev–Trinajstić information content (AvgIpc) is 2.25. The Hall–Kier alpha value is -1.26. The summed E-state index contributed by atoms with van der Waals surface area (Å²) >= 11 is 6.03. The number of amidine groups is 1. The van der Waals surface area contributed by atoms with Crippen LogP contribution in [-0.4, -0.2) is 30.6 Å². The summed E-state index contributed by atoms with van der Waals surface area (Å²) < 4.78 is 0. The minimum absolute atomic E-state index is 0.0341. The minimum atomic E-state index is -0.315. The van der Waals surface area contributed by atoms with Crippen LogP contribution in [0.3, 0.4) is 0 Å². The number of hydrogen-bond acceptors (Lipinski definition) is 3. The molecule has 0 fully saturated rings. The Kier molecular flexibility index (Phi) is 4.78. The fraction of sp³-hybridized carbons (Fsp3) is 0.417. The third-order valence-corrected chi connectivity index (χ3v) is 2.88. The Morgan fingerprint density at radius 1 is 1.59 bits per heavy atom. The number of anilines is 1. The molecule has 0 aliphatic rings. The molecule has 0 heterocycles. The predicted octanol–water partition coefficient (Wildman–Crippen LogP) is 1.83. The number of aliphatic hydroxyl groups excluding tert-OH is 1. The highest BCUT2D eigenvalue weighted by atomic mass is 35.5. The van der Waals surface area contributed by atoms with Gasteiger partial charge in [0.25, 0.3) is 0 Å². The molecule has 0 saturated carbocycles. The molecule has 94 valence electrons. The molecule has 0 aliphatic heterocycles. The molecular formula is C12H18ClN3O. The van der Waals surface area contributed by atoms with Crippen LogP contribution in [0.15, 0.2) is 18.2 Å². The van der Waals surface area contributed by atoms with Crippen molar-refractivity contribution in [1.82, 2.24) is 0 Å². The number of nitrogens with one attached hydrogen (secondary N) is 1. The quantitative estimate of drug-likeness (QED) is 0.555. The molecule has 0 amide bonds. The molecule has 0 aliphatic carbocycles. The van der Waals surface area contributed by atoms with Gasteiger partial charge in [0, 0.05) is 24.8 Å². The maximum absolute atomic E-state index is 9.22. The van der Waals surface area contributed by atoms with Gasteiger partial charge in [-0.05, 0) is 31.5 Å². The molecular weight excluding hydrogens is 238 g/mol. The van der Waals surface area contributed by atoms with E-state index < -0.39 is 0 Å². The SMILES string of the molecule is CC(O)CCN(C)c1ccc(C(=N)N)c(Cl)c1. The summed E-state index contributed by atoms with van der Waals surface area (Å²) in [6.07, 6.45) is 0.382. The normalized spacial score (nSPS) is 12.2. The van der Waals surface area contributed by atoms with E-state index in [1.165, 1.54) is 0 Å². The molecule has 5 heteroatoms. The maximum atomic E-state index is 9.22. The molecule has 1 aromatic carbocycles. The number of nitrogens with two attached hydrogens (primary N) is 1. The van der Waals surface area contributed by atoms with Crippen molar-refractivity contribution >= 4 is 23.1 Å². The summed E-state index contributed by atoms with van der Waals surface area (Å²) in [6, 6.07) is 5.38. The molecule has 4 nitrogen and oxygen atoms in total. The van der Waals surface area contributed by atoms with E-state index in [-0.39, 0.29) is 11.9 Å². The van der Waals surface area contributed by atoms with Crippen molar-refractivity contribution in [3.8, 4) is 0 Å². The minimum Gasteiger partial charge on any atom is -0.393 e. The maximum Gasteiger partial charge on any atom is 0.124 e. The summed E-state index contributed by atoms with van der Waals surface area (Å²) in [7, 11) is 1.93. The van der Waals surface area contributed by atoms with Crippen LogP contribution in [0.1, 0.15) is 18.9 Å². The standard InChI is InChI=1S/C12H18ClN3O/c1-8(17)5-6-16(2)9-3-4-10(12(14)15)11(13)7-9/h3-4,7-8,17H,5-6H2,1-2H3,(H3,14,15). The second kappa shape index (κ2) is 5.89. The number of halogens is 1. The first kappa shape index (κ1) is 13.8. The van der Waals surface area contributed by atoms with E-state index in [1.807, 2.05) is 18.0 Å². The van der Waals surface area contributed by atoms with E-state index in [9.17, 15) is 5.11 Å². The fourth-order valence-corrected chi connectivity index (χ4v) is 1.75. The second-order valence-electron chi connectivity index (χ2n) is 4.14. The zero-order valence-electron chi connectivity index (χ0n) is 10.1. The first-order valence-corrected chi connectivity index (χ1v) is 5.82. The summed E-state index contributed by atoms with van der Waals surface area (Å²) in [4.78, 5) is 2.00. The Balaban J connectivity index is 2.79. The van der Waals surface area contributed by atoms with Crippen molar-refractivity contribution in [1.29, 1.82) is 5.41 Å². The fourth-order valence-electron chi connectivity index (χ4n) is 1.47. The van der Waals surface area contributed by atoms with Gasteiger partial charge in [-0.15, -0.1) is 0 Å².